The fraction of sp³-hybridized carbons (Fsp3) is 0.111. The molecule has 10 aromatic rings. The standard InChI is InChI=1S/2C27H23N5O2S/c2*28-18(10-17-13-29-23-6-2-1-5-20(17)23)14-30-27-31-15-25(35-27)16-7-8-24-21(11-16)22(26(33)32-24)12-19-4-3-9-34-19/h2*1-9,11-13,15,18,29H,10,14,28H2,(H,30,31)(H,32,33)/b22-12+;22-12-/t2*18-/m00/s1. The van der Waals surface area contributed by atoms with Crippen LogP contribution in [-0.2, 0) is 22.4 Å². The van der Waals surface area contributed by atoms with E-state index in [1.807, 2.05) is 97.6 Å². The van der Waals surface area contributed by atoms with Gasteiger partial charge < -0.3 is 51.5 Å². The number of aromatic amines is 2. The average molecular weight is 963 g/mol. The average Bonchev–Trinajstić information content (AvgIpc) is 4.24. The number of furan rings is 2. The third-order valence-electron chi connectivity index (χ3n) is 12.2. The van der Waals surface area contributed by atoms with Gasteiger partial charge >= 0.3 is 0 Å². The lowest BCUT2D eigenvalue weighted by molar-refractivity contribution is -0.111. The summed E-state index contributed by atoms with van der Waals surface area (Å²) >= 11 is 3.13. The van der Waals surface area contributed by atoms with Crippen LogP contribution in [0.1, 0.15) is 33.8 Å². The van der Waals surface area contributed by atoms with Gasteiger partial charge in [-0.05, 0) is 108 Å². The monoisotopic (exact) mass is 962 g/mol. The van der Waals surface area contributed by atoms with E-state index in [2.05, 4.69) is 65.5 Å². The molecule has 348 valence electrons. The van der Waals surface area contributed by atoms with E-state index in [4.69, 9.17) is 20.3 Å². The van der Waals surface area contributed by atoms with E-state index in [-0.39, 0.29) is 23.9 Å². The van der Waals surface area contributed by atoms with Crippen LogP contribution in [0.2, 0.25) is 0 Å². The summed E-state index contributed by atoms with van der Waals surface area (Å²) < 4.78 is 10.8. The largest absolute Gasteiger partial charge is 0.465 e. The number of para-hydroxylation sites is 2. The van der Waals surface area contributed by atoms with Crippen LogP contribution in [-0.4, -0.2) is 56.9 Å². The van der Waals surface area contributed by atoms with E-state index in [9.17, 15) is 9.59 Å². The van der Waals surface area contributed by atoms with Crippen LogP contribution in [0.4, 0.5) is 21.6 Å². The van der Waals surface area contributed by atoms with Crippen molar-refractivity contribution in [1.29, 1.82) is 0 Å². The summed E-state index contributed by atoms with van der Waals surface area (Å²) in [7, 11) is 0. The zero-order valence-electron chi connectivity index (χ0n) is 37.5. The van der Waals surface area contributed by atoms with Gasteiger partial charge in [0, 0.05) is 94.3 Å². The van der Waals surface area contributed by atoms with E-state index in [1.165, 1.54) is 21.9 Å². The van der Waals surface area contributed by atoms with Crippen molar-refractivity contribution in [3.8, 4) is 20.9 Å². The van der Waals surface area contributed by atoms with Gasteiger partial charge in [-0.2, -0.15) is 0 Å². The SMILES string of the molecule is N[C@H](CNc1ncc(-c2ccc3c(c2)/C(=C/c2ccco2)C(=O)N3)s1)Cc1c[nH]c2ccccc12.N[C@H](CNc1ncc(-c2ccc3c(c2)/C(=C\c2ccco2)C(=O)N3)s1)Cc1c[nH]c2ccccc12. The Morgan fingerprint density at radius 1 is 0.586 bits per heavy atom. The molecule has 0 bridgehead atoms. The minimum atomic E-state index is -0.135. The molecule has 0 saturated carbocycles. The van der Waals surface area contributed by atoms with E-state index in [0.29, 0.717) is 35.8 Å². The van der Waals surface area contributed by atoms with Gasteiger partial charge in [0.1, 0.15) is 11.5 Å². The minimum Gasteiger partial charge on any atom is -0.465 e. The highest BCUT2D eigenvalue weighted by Gasteiger charge is 2.27. The number of nitrogens with two attached hydrogens (primary N) is 2. The normalized spacial score (nSPS) is 14.9. The van der Waals surface area contributed by atoms with Gasteiger partial charge in [-0.3, -0.25) is 9.59 Å². The summed E-state index contributed by atoms with van der Waals surface area (Å²) in [6.45, 7) is 1.23. The molecule has 70 heavy (non-hydrogen) atoms. The van der Waals surface area contributed by atoms with Crippen LogP contribution < -0.4 is 32.7 Å². The Hall–Kier alpha value is -8.28. The summed E-state index contributed by atoms with van der Waals surface area (Å²) in [6, 6.07) is 35.5. The second-order valence-corrected chi connectivity index (χ2v) is 19.1. The third kappa shape index (κ3) is 9.44. The van der Waals surface area contributed by atoms with Gasteiger partial charge in [0.25, 0.3) is 11.8 Å². The molecule has 16 heteroatoms. The smallest absolute Gasteiger partial charge is 0.256 e. The van der Waals surface area contributed by atoms with Crippen LogP contribution in [0, 0.1) is 0 Å². The number of carbonyl (C=O) groups is 2. The quantitative estimate of drug-likeness (QED) is 0.0482. The first kappa shape index (κ1) is 44.2. The number of carbonyl (C=O) groups excluding carboxylic acids is 2. The maximum absolute atomic E-state index is 12.5. The Balaban J connectivity index is 0.000000152. The molecule has 2 aliphatic heterocycles. The number of hydrogen-bond acceptors (Lipinski definition) is 12. The Morgan fingerprint density at radius 2 is 1.04 bits per heavy atom. The predicted octanol–water partition coefficient (Wildman–Crippen LogP) is 10.7. The molecule has 2 atom stereocenters. The molecule has 12 rings (SSSR count). The van der Waals surface area contributed by atoms with Crippen LogP contribution in [0.5, 0.6) is 0 Å². The number of aromatic nitrogens is 4. The number of nitrogens with zero attached hydrogens (tertiary/aromatic N) is 2. The summed E-state index contributed by atoms with van der Waals surface area (Å²) in [5.41, 5.74) is 24.0. The molecule has 0 aliphatic carbocycles. The molecule has 6 aromatic heterocycles. The highest BCUT2D eigenvalue weighted by Crippen LogP contribution is 2.40. The van der Waals surface area contributed by atoms with Crippen LogP contribution in [0.3, 0.4) is 0 Å². The number of thiazole rings is 2. The van der Waals surface area contributed by atoms with Crippen LogP contribution in [0.25, 0.3) is 66.0 Å². The van der Waals surface area contributed by atoms with Gasteiger partial charge in [-0.15, -0.1) is 0 Å². The predicted molar refractivity (Wildman–Crippen MR) is 282 cm³/mol. The van der Waals surface area contributed by atoms with Gasteiger partial charge in [-0.1, -0.05) is 71.2 Å². The zero-order valence-corrected chi connectivity index (χ0v) is 39.1. The van der Waals surface area contributed by atoms with Gasteiger partial charge in [0.15, 0.2) is 10.3 Å². The van der Waals surface area contributed by atoms with Crippen molar-refractivity contribution in [2.75, 3.05) is 34.4 Å². The van der Waals surface area contributed by atoms with E-state index in [0.717, 1.165) is 77.5 Å². The number of hydrogen-bond donors (Lipinski definition) is 8. The lowest BCUT2D eigenvalue weighted by Crippen LogP contribution is -2.31. The summed E-state index contributed by atoms with van der Waals surface area (Å²) in [6.07, 6.45) is 16.0. The molecule has 14 nitrogen and oxygen atoms in total. The molecule has 0 unspecified atom stereocenters. The van der Waals surface area contributed by atoms with Crippen molar-refractivity contribution in [2.24, 2.45) is 11.5 Å². The number of benzene rings is 4. The molecule has 10 N–H and O–H groups in total. The molecular weight excluding hydrogens is 917 g/mol. The third-order valence-corrected chi connectivity index (χ3v) is 14.2. The number of fused-ring (bicyclic) bond motifs is 4. The van der Waals surface area contributed by atoms with Crippen molar-refractivity contribution in [2.45, 2.75) is 24.9 Å². The molecule has 0 radical (unpaired) electrons. The summed E-state index contributed by atoms with van der Waals surface area (Å²) in [5, 5.41) is 16.6. The van der Waals surface area contributed by atoms with E-state index < -0.39 is 0 Å². The molecule has 0 spiro atoms. The summed E-state index contributed by atoms with van der Waals surface area (Å²) in [5.74, 6) is 1.01. The first-order chi connectivity index (χ1) is 34.3. The zero-order chi connectivity index (χ0) is 47.6. The highest BCUT2D eigenvalue weighted by molar-refractivity contribution is 7.19. The molecular formula is C54H46N10O4S2. The molecule has 0 fully saturated rings. The van der Waals surface area contributed by atoms with Crippen molar-refractivity contribution < 1.29 is 18.4 Å². The minimum absolute atomic E-state index is 0.0482. The number of amides is 2. The number of anilines is 4. The number of nitrogens with one attached hydrogen (secondary N) is 6. The lowest BCUT2D eigenvalue weighted by atomic mass is 10.0. The lowest BCUT2D eigenvalue weighted by Gasteiger charge is -2.11. The van der Waals surface area contributed by atoms with Crippen molar-refractivity contribution >= 4 is 101 Å². The fourth-order valence-corrected chi connectivity index (χ4v) is 10.4. The van der Waals surface area contributed by atoms with Crippen molar-refractivity contribution in [1.82, 2.24) is 19.9 Å². The van der Waals surface area contributed by atoms with Gasteiger partial charge in [0.05, 0.1) is 33.4 Å². The van der Waals surface area contributed by atoms with Gasteiger partial charge in [-0.25, -0.2) is 9.97 Å². The van der Waals surface area contributed by atoms with Crippen LogP contribution in [0.15, 0.2) is 155 Å². The Morgan fingerprint density at radius 3 is 1.49 bits per heavy atom. The summed E-state index contributed by atoms with van der Waals surface area (Å²) in [4.78, 5) is 42.7. The van der Waals surface area contributed by atoms with Gasteiger partial charge in [0.2, 0.25) is 0 Å². The van der Waals surface area contributed by atoms with E-state index in [1.54, 1.807) is 59.5 Å². The Bertz CT molecular complexity index is 3330. The molecule has 0 saturated heterocycles. The number of rotatable bonds is 14. The van der Waals surface area contributed by atoms with Crippen molar-refractivity contribution in [3.63, 3.8) is 0 Å². The van der Waals surface area contributed by atoms with E-state index >= 15 is 0 Å². The molecule has 8 heterocycles. The molecule has 4 aromatic carbocycles. The maximum Gasteiger partial charge on any atom is 0.256 e. The second kappa shape index (κ2) is 19.4. The van der Waals surface area contributed by atoms with Crippen molar-refractivity contribution in [3.05, 3.63) is 180 Å². The Kier molecular flexibility index (Phi) is 12.2. The van der Waals surface area contributed by atoms with Crippen LogP contribution >= 0.6 is 22.7 Å². The Labute approximate surface area is 409 Å². The molecule has 2 amide bonds. The second-order valence-electron chi connectivity index (χ2n) is 17.0. The first-order valence-corrected chi connectivity index (χ1v) is 24.3. The first-order valence-electron chi connectivity index (χ1n) is 22.7. The highest BCUT2D eigenvalue weighted by atomic mass is 32.1. The topological polar surface area (TPSA) is 218 Å². The number of H-pyrrole nitrogens is 2. The fourth-order valence-electron chi connectivity index (χ4n) is 8.73. The molecule has 2 aliphatic rings. The maximum atomic E-state index is 12.5.